The summed E-state index contributed by atoms with van der Waals surface area (Å²) in [6.45, 7) is 1.92. The quantitative estimate of drug-likeness (QED) is 0.753. The maximum Gasteiger partial charge on any atom is 0.339 e. The molecule has 23 heavy (non-hydrogen) atoms. The number of carboxylic acids is 1. The van der Waals surface area contributed by atoms with E-state index in [-0.39, 0.29) is 5.56 Å². The zero-order valence-electron chi connectivity index (χ0n) is 12.4. The Labute approximate surface area is 141 Å². The molecule has 0 spiro atoms. The third-order valence-electron chi connectivity index (χ3n) is 3.52. The summed E-state index contributed by atoms with van der Waals surface area (Å²) in [5, 5.41) is 14.2. The molecule has 1 aromatic carbocycles. The highest BCUT2D eigenvalue weighted by Gasteiger charge is 2.24. The molecule has 0 saturated carbocycles. The Morgan fingerprint density at radius 1 is 1.30 bits per heavy atom. The first-order valence-corrected chi connectivity index (χ1v) is 7.92. The molecule has 0 aliphatic carbocycles. The predicted octanol–water partition coefficient (Wildman–Crippen LogP) is 3.96. The topological polar surface area (TPSA) is 68.0 Å². The van der Waals surface area contributed by atoms with Crippen LogP contribution in [0, 0.1) is 0 Å². The Kier molecular flexibility index (Phi) is 4.25. The maximum atomic E-state index is 11.8. The molecule has 0 amide bonds. The normalized spacial score (nSPS) is 10.7. The van der Waals surface area contributed by atoms with Gasteiger partial charge in [-0.25, -0.2) is 9.48 Å². The lowest BCUT2D eigenvalue weighted by Gasteiger charge is -2.06. The third kappa shape index (κ3) is 2.90. The number of rotatable bonds is 4. The van der Waals surface area contributed by atoms with Gasteiger partial charge in [0.2, 0.25) is 0 Å². The first-order chi connectivity index (χ1) is 11.1. The lowest BCUT2D eigenvalue weighted by molar-refractivity contribution is 0.0696. The van der Waals surface area contributed by atoms with Gasteiger partial charge in [-0.05, 0) is 36.8 Å². The molecule has 0 aliphatic rings. The van der Waals surface area contributed by atoms with Gasteiger partial charge < -0.3 is 5.11 Å². The van der Waals surface area contributed by atoms with Crippen molar-refractivity contribution in [3.63, 3.8) is 0 Å². The number of carboxylic acid groups (broad SMARTS) is 1. The van der Waals surface area contributed by atoms with Crippen LogP contribution >= 0.6 is 15.9 Å². The highest BCUT2D eigenvalue weighted by molar-refractivity contribution is 9.10. The monoisotopic (exact) mass is 371 g/mol. The van der Waals surface area contributed by atoms with Gasteiger partial charge in [-0.1, -0.05) is 28.9 Å². The average molecular weight is 372 g/mol. The minimum Gasteiger partial charge on any atom is -0.478 e. The largest absolute Gasteiger partial charge is 0.478 e. The Balaban J connectivity index is 2.28. The van der Waals surface area contributed by atoms with Crippen molar-refractivity contribution in [3.8, 4) is 16.9 Å². The van der Waals surface area contributed by atoms with E-state index in [4.69, 9.17) is 0 Å². The number of pyridine rings is 1. The van der Waals surface area contributed by atoms with Crippen molar-refractivity contribution in [3.05, 3.63) is 64.5 Å². The van der Waals surface area contributed by atoms with Gasteiger partial charge in [0.05, 0.1) is 11.4 Å². The van der Waals surface area contributed by atoms with Crippen molar-refractivity contribution in [2.24, 2.45) is 0 Å². The lowest BCUT2D eigenvalue weighted by Crippen LogP contribution is -2.05. The van der Waals surface area contributed by atoms with Crippen molar-refractivity contribution < 1.29 is 9.90 Å². The minimum absolute atomic E-state index is 0.223. The number of hydrogen-bond donors (Lipinski definition) is 1. The van der Waals surface area contributed by atoms with E-state index in [2.05, 4.69) is 26.0 Å². The molecule has 6 heteroatoms. The summed E-state index contributed by atoms with van der Waals surface area (Å²) in [5.74, 6) is -0.984. The molecular weight excluding hydrogens is 358 g/mol. The second kappa shape index (κ2) is 6.34. The van der Waals surface area contributed by atoms with Gasteiger partial charge in [0.25, 0.3) is 0 Å². The van der Waals surface area contributed by atoms with Crippen LogP contribution in [-0.4, -0.2) is 25.8 Å². The minimum atomic E-state index is -0.984. The molecule has 3 aromatic rings. The first-order valence-electron chi connectivity index (χ1n) is 7.13. The molecular formula is C17H14BrN3O2. The van der Waals surface area contributed by atoms with Crippen molar-refractivity contribution in [1.29, 1.82) is 0 Å². The van der Waals surface area contributed by atoms with E-state index in [0.29, 0.717) is 23.4 Å². The predicted molar refractivity (Wildman–Crippen MR) is 90.8 cm³/mol. The molecule has 2 aromatic heterocycles. The number of nitrogens with zero attached hydrogens (tertiary/aromatic N) is 3. The molecule has 0 bridgehead atoms. The number of benzene rings is 1. The number of aromatic carboxylic acids is 1. The van der Waals surface area contributed by atoms with Crippen LogP contribution in [0.4, 0.5) is 0 Å². The van der Waals surface area contributed by atoms with Gasteiger partial charge in [-0.2, -0.15) is 5.10 Å². The van der Waals surface area contributed by atoms with Crippen LogP contribution in [0.1, 0.15) is 23.0 Å². The fourth-order valence-electron chi connectivity index (χ4n) is 2.53. The highest BCUT2D eigenvalue weighted by Crippen LogP contribution is 2.28. The molecule has 3 rings (SSSR count). The molecule has 5 nitrogen and oxygen atoms in total. The summed E-state index contributed by atoms with van der Waals surface area (Å²) < 4.78 is 2.60. The SMILES string of the molecule is CCc1c(C(=O)O)c(-c2cccnc2)nn1-c1cccc(Br)c1. The molecule has 116 valence electrons. The molecule has 0 atom stereocenters. The Hall–Kier alpha value is -2.47. The van der Waals surface area contributed by atoms with E-state index in [1.807, 2.05) is 37.3 Å². The van der Waals surface area contributed by atoms with Gasteiger partial charge in [0.1, 0.15) is 11.3 Å². The van der Waals surface area contributed by atoms with Gasteiger partial charge in [-0.15, -0.1) is 0 Å². The number of aromatic nitrogens is 3. The van der Waals surface area contributed by atoms with E-state index in [0.717, 1.165) is 10.2 Å². The molecule has 0 unspecified atom stereocenters. The van der Waals surface area contributed by atoms with Crippen molar-refractivity contribution in [1.82, 2.24) is 14.8 Å². The van der Waals surface area contributed by atoms with Crippen LogP contribution in [0.2, 0.25) is 0 Å². The second-order valence-corrected chi connectivity index (χ2v) is 5.88. The summed E-state index contributed by atoms with van der Waals surface area (Å²) >= 11 is 3.44. The van der Waals surface area contributed by atoms with Crippen molar-refractivity contribution in [2.75, 3.05) is 0 Å². The molecule has 0 fully saturated rings. The van der Waals surface area contributed by atoms with Gasteiger partial charge in [0, 0.05) is 22.4 Å². The van der Waals surface area contributed by atoms with Crippen LogP contribution in [0.3, 0.4) is 0 Å². The number of hydrogen-bond acceptors (Lipinski definition) is 3. The van der Waals surface area contributed by atoms with E-state index >= 15 is 0 Å². The van der Waals surface area contributed by atoms with Gasteiger partial charge in [0.15, 0.2) is 0 Å². The fourth-order valence-corrected chi connectivity index (χ4v) is 2.92. The summed E-state index contributed by atoms with van der Waals surface area (Å²) in [6.07, 6.45) is 3.83. The van der Waals surface area contributed by atoms with E-state index in [1.54, 1.807) is 23.1 Å². The molecule has 0 radical (unpaired) electrons. The lowest BCUT2D eigenvalue weighted by atomic mass is 10.1. The fraction of sp³-hybridized carbons (Fsp3) is 0.118. The smallest absolute Gasteiger partial charge is 0.339 e. The standard InChI is InChI=1S/C17H14BrN3O2/c1-2-14-15(17(22)23)16(11-5-4-8-19-10-11)20-21(14)13-7-3-6-12(18)9-13/h3-10H,2H2,1H3,(H,22,23). The van der Waals surface area contributed by atoms with Crippen molar-refractivity contribution >= 4 is 21.9 Å². The Bertz CT molecular complexity index is 860. The van der Waals surface area contributed by atoms with Crippen LogP contribution in [-0.2, 0) is 6.42 Å². The van der Waals surface area contributed by atoms with Gasteiger partial charge in [-0.3, -0.25) is 4.98 Å². The molecule has 0 aliphatic heterocycles. The van der Waals surface area contributed by atoms with E-state index in [9.17, 15) is 9.90 Å². The van der Waals surface area contributed by atoms with Crippen molar-refractivity contribution in [2.45, 2.75) is 13.3 Å². The zero-order valence-corrected chi connectivity index (χ0v) is 14.0. The van der Waals surface area contributed by atoms with E-state index in [1.165, 1.54) is 0 Å². The van der Waals surface area contributed by atoms with E-state index < -0.39 is 5.97 Å². The number of halogens is 1. The summed E-state index contributed by atoms with van der Waals surface area (Å²) in [6, 6.07) is 11.2. The van der Waals surface area contributed by atoms with Crippen LogP contribution in [0.25, 0.3) is 16.9 Å². The maximum absolute atomic E-state index is 11.8. The molecule has 0 saturated heterocycles. The highest BCUT2D eigenvalue weighted by atomic mass is 79.9. The molecule has 1 N–H and O–H groups in total. The average Bonchev–Trinajstić information content (AvgIpc) is 2.95. The van der Waals surface area contributed by atoms with Crippen LogP contribution < -0.4 is 0 Å². The summed E-state index contributed by atoms with van der Waals surface area (Å²) in [7, 11) is 0. The molecule has 2 heterocycles. The zero-order chi connectivity index (χ0) is 16.4. The Morgan fingerprint density at radius 3 is 2.74 bits per heavy atom. The van der Waals surface area contributed by atoms with Crippen LogP contribution in [0.5, 0.6) is 0 Å². The summed E-state index contributed by atoms with van der Waals surface area (Å²) in [4.78, 5) is 15.9. The first kappa shape index (κ1) is 15.4. The van der Waals surface area contributed by atoms with Crippen LogP contribution in [0.15, 0.2) is 53.3 Å². The number of carbonyl (C=O) groups is 1. The Morgan fingerprint density at radius 2 is 2.13 bits per heavy atom. The van der Waals surface area contributed by atoms with Gasteiger partial charge >= 0.3 is 5.97 Å². The second-order valence-electron chi connectivity index (χ2n) is 4.96. The summed E-state index contributed by atoms with van der Waals surface area (Å²) in [5.41, 5.74) is 2.82. The third-order valence-corrected chi connectivity index (χ3v) is 4.01.